The molecule has 4 nitrogen and oxygen atoms in total. The van der Waals surface area contributed by atoms with Crippen LogP contribution in [0.15, 0.2) is 109 Å². The van der Waals surface area contributed by atoms with Crippen LogP contribution in [0, 0.1) is 0 Å². The van der Waals surface area contributed by atoms with E-state index in [1.807, 2.05) is 84.9 Å². The third kappa shape index (κ3) is 5.29. The van der Waals surface area contributed by atoms with Gasteiger partial charge in [0.15, 0.2) is 0 Å². The molecule has 4 rings (SSSR count). The zero-order valence-electron chi connectivity index (χ0n) is 17.4. The van der Waals surface area contributed by atoms with Crippen molar-refractivity contribution in [1.29, 1.82) is 0 Å². The Hall–Kier alpha value is -4.18. The summed E-state index contributed by atoms with van der Waals surface area (Å²) in [5, 5.41) is 0. The molecule has 0 saturated heterocycles. The van der Waals surface area contributed by atoms with Crippen LogP contribution in [-0.2, 0) is 22.6 Å². The fourth-order valence-corrected chi connectivity index (χ4v) is 3.54. The van der Waals surface area contributed by atoms with E-state index in [9.17, 15) is 9.59 Å². The summed E-state index contributed by atoms with van der Waals surface area (Å²) in [5.74, 6) is -1.41. The largest absolute Gasteiger partial charge is 0.386 e. The van der Waals surface area contributed by atoms with E-state index >= 15 is 0 Å². The smallest absolute Gasteiger partial charge is 0.241 e. The Morgan fingerprint density at radius 3 is 1.22 bits per heavy atom. The molecule has 0 heterocycles. The standard InChI is InChI=1S/C28H22O4/c29-27(25-17-9-7-15-23(25)19-21-11-3-1-4-12-21)31-32-28(30)26-18-10-8-16-24(26)20-22-13-5-2-6-14-22/h1-18H,19-20H2. The lowest BCUT2D eigenvalue weighted by atomic mass is 10.00. The van der Waals surface area contributed by atoms with Crippen LogP contribution >= 0.6 is 0 Å². The summed E-state index contributed by atoms with van der Waals surface area (Å²) in [6.07, 6.45) is 1.14. The van der Waals surface area contributed by atoms with E-state index < -0.39 is 11.9 Å². The van der Waals surface area contributed by atoms with E-state index in [1.165, 1.54) is 0 Å². The fraction of sp³-hybridized carbons (Fsp3) is 0.0714. The maximum Gasteiger partial charge on any atom is 0.386 e. The zero-order valence-corrected chi connectivity index (χ0v) is 17.4. The van der Waals surface area contributed by atoms with Gasteiger partial charge in [-0.05, 0) is 47.2 Å². The van der Waals surface area contributed by atoms with Crippen LogP contribution in [0.5, 0.6) is 0 Å². The van der Waals surface area contributed by atoms with Gasteiger partial charge in [-0.15, -0.1) is 0 Å². The van der Waals surface area contributed by atoms with Crippen molar-refractivity contribution < 1.29 is 19.4 Å². The normalized spacial score (nSPS) is 10.4. The van der Waals surface area contributed by atoms with Crippen LogP contribution in [0.2, 0.25) is 0 Å². The van der Waals surface area contributed by atoms with Crippen LogP contribution in [0.25, 0.3) is 0 Å². The van der Waals surface area contributed by atoms with Crippen molar-refractivity contribution in [2.45, 2.75) is 12.8 Å². The van der Waals surface area contributed by atoms with Crippen LogP contribution in [0.1, 0.15) is 43.0 Å². The number of hydrogen-bond donors (Lipinski definition) is 0. The van der Waals surface area contributed by atoms with E-state index in [1.54, 1.807) is 24.3 Å². The molecule has 0 bridgehead atoms. The monoisotopic (exact) mass is 422 g/mol. The highest BCUT2D eigenvalue weighted by molar-refractivity contribution is 5.94. The molecule has 32 heavy (non-hydrogen) atoms. The first-order valence-corrected chi connectivity index (χ1v) is 10.4. The molecular formula is C28H22O4. The minimum atomic E-state index is -0.703. The number of hydrogen-bond acceptors (Lipinski definition) is 4. The first-order valence-electron chi connectivity index (χ1n) is 10.4. The van der Waals surface area contributed by atoms with E-state index in [4.69, 9.17) is 9.78 Å². The Morgan fingerprint density at radius 1 is 0.469 bits per heavy atom. The lowest BCUT2D eigenvalue weighted by Crippen LogP contribution is -2.15. The molecule has 0 fully saturated rings. The summed E-state index contributed by atoms with van der Waals surface area (Å²) in [6.45, 7) is 0. The summed E-state index contributed by atoms with van der Waals surface area (Å²) in [6, 6.07) is 33.9. The molecule has 0 N–H and O–H groups in total. The van der Waals surface area contributed by atoms with Gasteiger partial charge in [0.25, 0.3) is 0 Å². The van der Waals surface area contributed by atoms with Gasteiger partial charge in [-0.1, -0.05) is 97.1 Å². The van der Waals surface area contributed by atoms with Gasteiger partial charge in [0.2, 0.25) is 0 Å². The molecule has 0 aliphatic rings. The third-order valence-corrected chi connectivity index (χ3v) is 5.14. The van der Waals surface area contributed by atoms with Gasteiger partial charge in [-0.2, -0.15) is 0 Å². The molecule has 4 aromatic carbocycles. The van der Waals surface area contributed by atoms with Crippen molar-refractivity contribution in [2.24, 2.45) is 0 Å². The first-order chi connectivity index (χ1) is 15.7. The number of carbonyl (C=O) groups is 2. The summed E-state index contributed by atoms with van der Waals surface area (Å²) >= 11 is 0. The lowest BCUT2D eigenvalue weighted by Gasteiger charge is -2.10. The molecule has 0 unspecified atom stereocenters. The molecule has 0 spiro atoms. The Kier molecular flexibility index (Phi) is 6.73. The number of carbonyl (C=O) groups excluding carboxylic acids is 2. The van der Waals surface area contributed by atoms with Gasteiger partial charge in [0.05, 0.1) is 11.1 Å². The Labute approximate surface area is 187 Å². The highest BCUT2D eigenvalue weighted by atomic mass is 17.2. The first kappa shape index (κ1) is 21.1. The van der Waals surface area contributed by atoms with Crippen molar-refractivity contribution in [3.63, 3.8) is 0 Å². The quantitative estimate of drug-likeness (QED) is 0.291. The van der Waals surface area contributed by atoms with Crippen LogP contribution < -0.4 is 0 Å². The highest BCUT2D eigenvalue weighted by Gasteiger charge is 2.19. The Morgan fingerprint density at radius 2 is 0.812 bits per heavy atom. The predicted molar refractivity (Wildman–Crippen MR) is 122 cm³/mol. The second-order valence-corrected chi connectivity index (χ2v) is 7.38. The summed E-state index contributed by atoms with van der Waals surface area (Å²) in [5.41, 5.74) is 4.45. The summed E-state index contributed by atoms with van der Waals surface area (Å²) in [7, 11) is 0. The molecule has 0 aliphatic heterocycles. The van der Waals surface area contributed by atoms with Crippen molar-refractivity contribution in [2.75, 3.05) is 0 Å². The van der Waals surface area contributed by atoms with Crippen molar-refractivity contribution in [3.8, 4) is 0 Å². The summed E-state index contributed by atoms with van der Waals surface area (Å²) in [4.78, 5) is 35.2. The van der Waals surface area contributed by atoms with Crippen LogP contribution in [0.3, 0.4) is 0 Å². The SMILES string of the molecule is O=C(OOC(=O)c1ccccc1Cc1ccccc1)c1ccccc1Cc1ccccc1. The van der Waals surface area contributed by atoms with Gasteiger partial charge in [-0.25, -0.2) is 19.4 Å². The molecular weight excluding hydrogens is 400 g/mol. The van der Waals surface area contributed by atoms with Gasteiger partial charge < -0.3 is 0 Å². The maximum absolute atomic E-state index is 12.7. The molecule has 4 aromatic rings. The Bertz CT molecular complexity index is 1100. The van der Waals surface area contributed by atoms with Gasteiger partial charge >= 0.3 is 11.9 Å². The van der Waals surface area contributed by atoms with E-state index in [2.05, 4.69) is 0 Å². The molecule has 4 heteroatoms. The van der Waals surface area contributed by atoms with E-state index in [0.717, 1.165) is 22.3 Å². The zero-order chi connectivity index (χ0) is 22.2. The highest BCUT2D eigenvalue weighted by Crippen LogP contribution is 2.18. The maximum atomic E-state index is 12.7. The average Bonchev–Trinajstić information content (AvgIpc) is 2.84. The molecule has 0 radical (unpaired) electrons. The molecule has 0 atom stereocenters. The average molecular weight is 422 g/mol. The molecule has 0 amide bonds. The Balaban J connectivity index is 1.45. The second-order valence-electron chi connectivity index (χ2n) is 7.38. The molecule has 0 aromatic heterocycles. The van der Waals surface area contributed by atoms with Gasteiger partial charge in [-0.3, -0.25) is 0 Å². The van der Waals surface area contributed by atoms with E-state index in [0.29, 0.717) is 24.0 Å². The molecule has 158 valence electrons. The topological polar surface area (TPSA) is 52.6 Å². The van der Waals surface area contributed by atoms with Crippen molar-refractivity contribution in [1.82, 2.24) is 0 Å². The minimum absolute atomic E-state index is 0.363. The summed E-state index contributed by atoms with van der Waals surface area (Å²) < 4.78 is 0. The van der Waals surface area contributed by atoms with Gasteiger partial charge in [0, 0.05) is 0 Å². The van der Waals surface area contributed by atoms with Crippen LogP contribution in [-0.4, -0.2) is 11.9 Å². The van der Waals surface area contributed by atoms with Crippen molar-refractivity contribution >= 4 is 11.9 Å². The third-order valence-electron chi connectivity index (χ3n) is 5.14. The second kappa shape index (κ2) is 10.2. The minimum Gasteiger partial charge on any atom is -0.241 e. The fourth-order valence-electron chi connectivity index (χ4n) is 3.54. The predicted octanol–water partition coefficient (Wildman–Crippen LogP) is 5.80. The van der Waals surface area contributed by atoms with Crippen LogP contribution in [0.4, 0.5) is 0 Å². The van der Waals surface area contributed by atoms with Crippen molar-refractivity contribution in [3.05, 3.63) is 143 Å². The number of rotatable bonds is 6. The molecule has 0 saturated carbocycles. The number of benzene rings is 4. The van der Waals surface area contributed by atoms with Gasteiger partial charge in [0.1, 0.15) is 0 Å². The molecule has 0 aliphatic carbocycles. The van der Waals surface area contributed by atoms with E-state index in [-0.39, 0.29) is 0 Å². The lowest BCUT2D eigenvalue weighted by molar-refractivity contribution is -0.187.